The van der Waals surface area contributed by atoms with Gasteiger partial charge in [0.05, 0.1) is 36.0 Å². The van der Waals surface area contributed by atoms with Crippen LogP contribution in [0.5, 0.6) is 0 Å². The lowest BCUT2D eigenvalue weighted by Crippen LogP contribution is -2.28. The van der Waals surface area contributed by atoms with Crippen molar-refractivity contribution in [1.82, 2.24) is 0 Å². The molecule has 0 unspecified atom stereocenters. The standard InChI is InChI=1S/C24H27BrN2O6/c1-13-18(27(30)31)16-15(23(2,3)12-24(16,4)5)17(25)19(13)26-11-9-8-10-14(21(28)32-6)20(26)22(29)33-7/h8-11H,12H2,1-7H3. The minimum Gasteiger partial charge on any atom is -0.465 e. The molecule has 0 fully saturated rings. The van der Waals surface area contributed by atoms with Crippen LogP contribution in [0.25, 0.3) is 0 Å². The number of hydrogen-bond acceptors (Lipinski definition) is 7. The van der Waals surface area contributed by atoms with Crippen molar-refractivity contribution in [2.45, 2.75) is 51.9 Å². The normalized spacial score (nSPS) is 18.1. The van der Waals surface area contributed by atoms with E-state index in [0.717, 1.165) is 5.56 Å². The fourth-order valence-corrected chi connectivity index (χ4v) is 6.46. The number of anilines is 1. The summed E-state index contributed by atoms with van der Waals surface area (Å²) >= 11 is 3.72. The largest absolute Gasteiger partial charge is 0.465 e. The van der Waals surface area contributed by atoms with E-state index in [0.29, 0.717) is 27.7 Å². The predicted octanol–water partition coefficient (Wildman–Crippen LogP) is 5.11. The maximum absolute atomic E-state index is 12.9. The molecule has 176 valence electrons. The van der Waals surface area contributed by atoms with E-state index < -0.39 is 17.4 Å². The van der Waals surface area contributed by atoms with E-state index in [1.807, 2.05) is 27.7 Å². The molecule has 0 saturated heterocycles. The number of allylic oxidation sites excluding steroid dienone is 2. The molecule has 0 atom stereocenters. The minimum absolute atomic E-state index is 0.00761. The zero-order valence-electron chi connectivity index (χ0n) is 19.7. The number of halogens is 1. The minimum atomic E-state index is -0.777. The predicted molar refractivity (Wildman–Crippen MR) is 128 cm³/mol. The van der Waals surface area contributed by atoms with Crippen LogP contribution in [0.15, 0.2) is 40.2 Å². The van der Waals surface area contributed by atoms with Crippen molar-refractivity contribution in [2.75, 3.05) is 19.1 Å². The number of ether oxygens (including phenoxy) is 2. The molecule has 0 radical (unpaired) electrons. The summed E-state index contributed by atoms with van der Waals surface area (Å²) in [6.07, 6.45) is 6.97. The van der Waals surface area contributed by atoms with Gasteiger partial charge in [0.25, 0.3) is 5.69 Å². The van der Waals surface area contributed by atoms with Crippen LogP contribution in [0.1, 0.15) is 50.8 Å². The van der Waals surface area contributed by atoms with Crippen molar-refractivity contribution in [1.29, 1.82) is 0 Å². The number of benzene rings is 1. The number of carbonyl (C=O) groups excluding carboxylic acids is 2. The molecule has 1 aromatic rings. The highest BCUT2D eigenvalue weighted by Crippen LogP contribution is 2.58. The Balaban J connectivity index is 2.49. The van der Waals surface area contributed by atoms with E-state index in [9.17, 15) is 19.7 Å². The van der Waals surface area contributed by atoms with Crippen molar-refractivity contribution in [3.05, 3.63) is 67.0 Å². The van der Waals surface area contributed by atoms with Crippen LogP contribution < -0.4 is 4.90 Å². The highest BCUT2D eigenvalue weighted by Gasteiger charge is 2.50. The van der Waals surface area contributed by atoms with Gasteiger partial charge < -0.3 is 14.4 Å². The van der Waals surface area contributed by atoms with E-state index in [-0.39, 0.29) is 27.3 Å². The average Bonchev–Trinajstić information content (AvgIpc) is 2.85. The van der Waals surface area contributed by atoms with Gasteiger partial charge in [-0.15, -0.1) is 0 Å². The Labute approximate surface area is 201 Å². The van der Waals surface area contributed by atoms with Crippen molar-refractivity contribution in [3.63, 3.8) is 0 Å². The number of carbonyl (C=O) groups is 2. The number of methoxy groups -OCH3 is 2. The topological polar surface area (TPSA) is 99.0 Å². The first-order valence-corrected chi connectivity index (χ1v) is 11.2. The summed E-state index contributed by atoms with van der Waals surface area (Å²) in [5.74, 6) is -1.51. The fourth-order valence-electron chi connectivity index (χ4n) is 5.24. The second-order valence-electron chi connectivity index (χ2n) is 9.40. The van der Waals surface area contributed by atoms with Crippen LogP contribution in [0.3, 0.4) is 0 Å². The van der Waals surface area contributed by atoms with Gasteiger partial charge in [0, 0.05) is 16.2 Å². The van der Waals surface area contributed by atoms with Crippen LogP contribution in [0, 0.1) is 17.0 Å². The quantitative estimate of drug-likeness (QED) is 0.310. The van der Waals surface area contributed by atoms with Crippen LogP contribution in [-0.4, -0.2) is 31.1 Å². The lowest BCUT2D eigenvalue weighted by atomic mass is 9.81. The van der Waals surface area contributed by atoms with Gasteiger partial charge in [0.2, 0.25) is 0 Å². The van der Waals surface area contributed by atoms with Gasteiger partial charge in [-0.25, -0.2) is 9.59 Å². The molecule has 0 spiro atoms. The second kappa shape index (κ2) is 8.44. The van der Waals surface area contributed by atoms with Crippen molar-refractivity contribution in [3.8, 4) is 0 Å². The molecule has 1 aromatic carbocycles. The molecule has 1 heterocycles. The van der Waals surface area contributed by atoms with Gasteiger partial charge in [-0.2, -0.15) is 0 Å². The van der Waals surface area contributed by atoms with Crippen LogP contribution in [0.2, 0.25) is 0 Å². The molecule has 0 amide bonds. The maximum Gasteiger partial charge on any atom is 0.355 e. The average molecular weight is 519 g/mol. The maximum atomic E-state index is 12.9. The first-order valence-electron chi connectivity index (χ1n) is 10.4. The van der Waals surface area contributed by atoms with Crippen molar-refractivity contribution >= 4 is 39.2 Å². The number of nitro benzene ring substituents is 1. The Hall–Kier alpha value is -2.94. The number of nitrogens with zero attached hydrogens (tertiary/aromatic N) is 2. The number of nitro groups is 1. The highest BCUT2D eigenvalue weighted by molar-refractivity contribution is 9.10. The monoisotopic (exact) mass is 518 g/mol. The van der Waals surface area contributed by atoms with Gasteiger partial charge in [0.15, 0.2) is 0 Å². The Morgan fingerprint density at radius 2 is 1.64 bits per heavy atom. The zero-order valence-corrected chi connectivity index (χ0v) is 21.3. The Kier molecular flexibility index (Phi) is 6.32. The number of fused-ring (bicyclic) bond motifs is 1. The Morgan fingerprint density at radius 3 is 2.18 bits per heavy atom. The smallest absolute Gasteiger partial charge is 0.355 e. The van der Waals surface area contributed by atoms with E-state index in [2.05, 4.69) is 15.9 Å². The lowest BCUT2D eigenvalue weighted by molar-refractivity contribution is -0.386. The summed E-state index contributed by atoms with van der Waals surface area (Å²) < 4.78 is 10.5. The summed E-state index contributed by atoms with van der Waals surface area (Å²) in [6, 6.07) is 0. The molecule has 3 rings (SSSR count). The van der Waals surface area contributed by atoms with Crippen molar-refractivity contribution in [2.24, 2.45) is 0 Å². The molecule has 9 heteroatoms. The molecule has 33 heavy (non-hydrogen) atoms. The van der Waals surface area contributed by atoms with E-state index in [1.165, 1.54) is 25.2 Å². The number of hydrogen-bond donors (Lipinski definition) is 0. The molecule has 0 aromatic heterocycles. The molecule has 0 N–H and O–H groups in total. The summed E-state index contributed by atoms with van der Waals surface area (Å²) in [4.78, 5) is 38.9. The molecular formula is C24H27BrN2O6. The molecule has 1 aliphatic carbocycles. The van der Waals surface area contributed by atoms with E-state index in [1.54, 1.807) is 25.3 Å². The first kappa shape index (κ1) is 24.7. The van der Waals surface area contributed by atoms with Crippen molar-refractivity contribution < 1.29 is 24.0 Å². The molecular weight excluding hydrogens is 492 g/mol. The lowest BCUT2D eigenvalue weighted by Gasteiger charge is -2.29. The molecule has 1 aliphatic heterocycles. The molecule has 0 bridgehead atoms. The zero-order chi connectivity index (χ0) is 24.9. The van der Waals surface area contributed by atoms with Crippen LogP contribution in [-0.2, 0) is 29.9 Å². The van der Waals surface area contributed by atoms with Gasteiger partial charge in [-0.1, -0.05) is 33.8 Å². The first-order chi connectivity index (χ1) is 15.3. The number of rotatable bonds is 4. The molecule has 2 aliphatic rings. The molecule has 8 nitrogen and oxygen atoms in total. The van der Waals surface area contributed by atoms with Gasteiger partial charge >= 0.3 is 11.9 Å². The summed E-state index contributed by atoms with van der Waals surface area (Å²) in [5.41, 5.74) is 1.34. The third-order valence-corrected chi connectivity index (χ3v) is 6.95. The summed E-state index contributed by atoms with van der Waals surface area (Å²) in [5, 5.41) is 12.3. The van der Waals surface area contributed by atoms with Gasteiger partial charge in [-0.05, 0) is 57.8 Å². The van der Waals surface area contributed by atoms with Crippen LogP contribution >= 0.6 is 15.9 Å². The third-order valence-electron chi connectivity index (χ3n) is 6.17. The fraction of sp³-hybridized carbons (Fsp3) is 0.417. The molecule has 0 saturated carbocycles. The Morgan fingerprint density at radius 1 is 1.06 bits per heavy atom. The van der Waals surface area contributed by atoms with Gasteiger partial charge in [-0.3, -0.25) is 10.1 Å². The summed E-state index contributed by atoms with van der Waals surface area (Å²) in [6.45, 7) is 9.75. The second-order valence-corrected chi connectivity index (χ2v) is 10.2. The Bertz CT molecular complexity index is 1160. The van der Waals surface area contributed by atoms with E-state index in [4.69, 9.17) is 9.47 Å². The van der Waals surface area contributed by atoms with Gasteiger partial charge in [0.1, 0.15) is 5.70 Å². The summed E-state index contributed by atoms with van der Waals surface area (Å²) in [7, 11) is 2.42. The van der Waals surface area contributed by atoms with Crippen LogP contribution in [0.4, 0.5) is 11.4 Å². The SMILES string of the molecule is COC(=O)C1=C(C(=O)OC)N(c2c(C)c([N+](=O)[O-])c3c(c2Br)C(C)(C)CC3(C)C)C=CC=C1. The number of esters is 2. The van der Waals surface area contributed by atoms with E-state index >= 15 is 0 Å². The highest BCUT2D eigenvalue weighted by atomic mass is 79.9. The third kappa shape index (κ3) is 3.88.